The van der Waals surface area contributed by atoms with E-state index in [0.717, 1.165) is 30.1 Å². The van der Waals surface area contributed by atoms with Crippen LogP contribution < -0.4 is 4.90 Å². The van der Waals surface area contributed by atoms with Crippen LogP contribution in [0, 0.1) is 11.8 Å². The lowest BCUT2D eigenvalue weighted by Crippen LogP contribution is -2.34. The van der Waals surface area contributed by atoms with E-state index < -0.39 is 10.0 Å². The summed E-state index contributed by atoms with van der Waals surface area (Å²) >= 11 is 0. The molecule has 0 amide bonds. The van der Waals surface area contributed by atoms with Crippen LogP contribution in [0.15, 0.2) is 53.7 Å². The molecule has 0 saturated carbocycles. The molecule has 7 nitrogen and oxygen atoms in total. The fourth-order valence-electron chi connectivity index (χ4n) is 4.72. The molecule has 2 fully saturated rings. The van der Waals surface area contributed by atoms with Gasteiger partial charge in [0, 0.05) is 44.6 Å². The number of benzene rings is 1. The number of imidazole rings is 1. The summed E-state index contributed by atoms with van der Waals surface area (Å²) in [7, 11) is -3.47. The molecule has 0 N–H and O–H groups in total. The van der Waals surface area contributed by atoms with Crippen molar-refractivity contribution in [1.29, 1.82) is 0 Å². The van der Waals surface area contributed by atoms with E-state index in [1.807, 2.05) is 12.1 Å². The van der Waals surface area contributed by atoms with E-state index in [9.17, 15) is 8.42 Å². The molecule has 2 aromatic heterocycles. The van der Waals surface area contributed by atoms with E-state index in [2.05, 4.69) is 40.4 Å². The average molecular weight is 412 g/mol. The van der Waals surface area contributed by atoms with Crippen molar-refractivity contribution in [2.45, 2.75) is 24.8 Å². The molecule has 3 aromatic rings. The Bertz CT molecular complexity index is 1130. The zero-order chi connectivity index (χ0) is 20.2. The molecule has 2 unspecified atom stereocenters. The van der Waals surface area contributed by atoms with Gasteiger partial charge in [-0.3, -0.25) is 4.98 Å². The molecule has 4 heterocycles. The predicted octanol–water partition coefficient (Wildman–Crippen LogP) is 2.77. The number of rotatable bonds is 4. The minimum absolute atomic E-state index is 0.276. The summed E-state index contributed by atoms with van der Waals surface area (Å²) in [6.45, 7) is 7.13. The Balaban J connectivity index is 1.39. The van der Waals surface area contributed by atoms with Gasteiger partial charge < -0.3 is 9.47 Å². The van der Waals surface area contributed by atoms with Gasteiger partial charge in [0.25, 0.3) is 0 Å². The van der Waals surface area contributed by atoms with Gasteiger partial charge in [0.15, 0.2) is 0 Å². The molecule has 2 aliphatic rings. The van der Waals surface area contributed by atoms with Crippen LogP contribution in [0.4, 0.5) is 5.95 Å². The summed E-state index contributed by atoms with van der Waals surface area (Å²) in [5.74, 6) is 1.64. The van der Waals surface area contributed by atoms with E-state index >= 15 is 0 Å². The fraction of sp³-hybridized carbons (Fsp3) is 0.429. The minimum atomic E-state index is -3.47. The van der Waals surface area contributed by atoms with Crippen LogP contribution in [0.25, 0.3) is 11.0 Å². The van der Waals surface area contributed by atoms with E-state index in [4.69, 9.17) is 4.98 Å². The van der Waals surface area contributed by atoms with Gasteiger partial charge in [0.1, 0.15) is 4.90 Å². The van der Waals surface area contributed by atoms with Gasteiger partial charge in [0.05, 0.1) is 11.0 Å². The smallest absolute Gasteiger partial charge is 0.244 e. The molecule has 0 spiro atoms. The Morgan fingerprint density at radius 3 is 2.38 bits per heavy atom. The first kappa shape index (κ1) is 18.6. The highest BCUT2D eigenvalue weighted by Gasteiger charge is 2.45. The van der Waals surface area contributed by atoms with Gasteiger partial charge in [0.2, 0.25) is 16.0 Å². The first-order valence-corrected chi connectivity index (χ1v) is 11.5. The lowest BCUT2D eigenvalue weighted by atomic mass is 10.0. The van der Waals surface area contributed by atoms with E-state index in [-0.39, 0.29) is 4.90 Å². The largest absolute Gasteiger partial charge is 0.342 e. The highest BCUT2D eigenvalue weighted by Crippen LogP contribution is 2.37. The number of pyridine rings is 1. The SMILES string of the molecule is CC(C)n1c(N2CC3CN(S(=O)(=O)c4cccnc4)CC3C2)nc2ccccc21. The summed E-state index contributed by atoms with van der Waals surface area (Å²) in [6, 6.07) is 11.8. The van der Waals surface area contributed by atoms with Gasteiger partial charge in [-0.25, -0.2) is 13.4 Å². The Hall–Kier alpha value is -2.45. The minimum Gasteiger partial charge on any atom is -0.342 e. The maximum Gasteiger partial charge on any atom is 0.244 e. The standard InChI is InChI=1S/C21H25N5O2S/c1-15(2)26-20-8-4-3-7-19(20)23-21(26)24-11-16-13-25(14-17(16)12-24)29(27,28)18-6-5-9-22-10-18/h3-10,15-17H,11-14H2,1-2H3. The number of aromatic nitrogens is 3. The van der Waals surface area contributed by atoms with Gasteiger partial charge in [-0.15, -0.1) is 0 Å². The monoisotopic (exact) mass is 411 g/mol. The molecule has 0 radical (unpaired) electrons. The quantitative estimate of drug-likeness (QED) is 0.660. The number of anilines is 1. The molecule has 1 aromatic carbocycles. The first-order chi connectivity index (χ1) is 13.9. The van der Waals surface area contributed by atoms with Crippen LogP contribution in [0.2, 0.25) is 0 Å². The highest BCUT2D eigenvalue weighted by atomic mass is 32.2. The van der Waals surface area contributed by atoms with Gasteiger partial charge in [-0.05, 0) is 49.9 Å². The molecular weight excluding hydrogens is 386 g/mol. The number of fused-ring (bicyclic) bond motifs is 2. The normalized spacial score (nSPS) is 22.7. The van der Waals surface area contributed by atoms with Crippen LogP contribution in [0.3, 0.4) is 0 Å². The fourth-order valence-corrected chi connectivity index (χ4v) is 6.24. The number of hydrogen-bond acceptors (Lipinski definition) is 5. The maximum absolute atomic E-state index is 12.9. The van der Waals surface area contributed by atoms with Crippen molar-refractivity contribution >= 4 is 27.0 Å². The Labute approximate surface area is 171 Å². The van der Waals surface area contributed by atoms with Crippen molar-refractivity contribution in [1.82, 2.24) is 18.8 Å². The third-order valence-electron chi connectivity index (χ3n) is 6.10. The summed E-state index contributed by atoms with van der Waals surface area (Å²) in [4.78, 5) is 11.5. The molecule has 5 rings (SSSR count). The molecule has 2 aliphatic heterocycles. The van der Waals surface area contributed by atoms with Crippen molar-refractivity contribution in [3.8, 4) is 0 Å². The van der Waals surface area contributed by atoms with E-state index in [1.165, 1.54) is 6.20 Å². The van der Waals surface area contributed by atoms with Crippen molar-refractivity contribution in [2.24, 2.45) is 11.8 Å². The second kappa shape index (κ2) is 6.81. The predicted molar refractivity (Wildman–Crippen MR) is 112 cm³/mol. The van der Waals surface area contributed by atoms with Gasteiger partial charge in [-0.2, -0.15) is 4.31 Å². The molecular formula is C21H25N5O2S. The third kappa shape index (κ3) is 3.02. The second-order valence-corrected chi connectivity index (χ2v) is 10.2. The van der Waals surface area contributed by atoms with Crippen LogP contribution in [0.5, 0.6) is 0 Å². The molecule has 2 saturated heterocycles. The number of sulfonamides is 1. The first-order valence-electron chi connectivity index (χ1n) is 10.1. The summed E-state index contributed by atoms with van der Waals surface area (Å²) in [5.41, 5.74) is 2.16. The number of para-hydroxylation sites is 2. The molecule has 2 atom stereocenters. The highest BCUT2D eigenvalue weighted by molar-refractivity contribution is 7.89. The van der Waals surface area contributed by atoms with Crippen molar-refractivity contribution < 1.29 is 8.42 Å². The molecule has 0 aliphatic carbocycles. The van der Waals surface area contributed by atoms with Crippen LogP contribution in [-0.4, -0.2) is 53.4 Å². The molecule has 0 bridgehead atoms. The third-order valence-corrected chi connectivity index (χ3v) is 7.92. The topological polar surface area (TPSA) is 71.3 Å². The van der Waals surface area contributed by atoms with Crippen molar-refractivity contribution in [2.75, 3.05) is 31.1 Å². The van der Waals surface area contributed by atoms with Gasteiger partial charge in [-0.1, -0.05) is 12.1 Å². The van der Waals surface area contributed by atoms with Crippen LogP contribution in [-0.2, 0) is 10.0 Å². The molecule has 8 heteroatoms. The average Bonchev–Trinajstić information content (AvgIpc) is 3.39. The molecule has 152 valence electrons. The van der Waals surface area contributed by atoms with Crippen molar-refractivity contribution in [3.05, 3.63) is 48.8 Å². The Kier molecular flexibility index (Phi) is 4.36. The number of nitrogens with zero attached hydrogens (tertiary/aromatic N) is 5. The van der Waals surface area contributed by atoms with Gasteiger partial charge >= 0.3 is 0 Å². The summed E-state index contributed by atoms with van der Waals surface area (Å²) in [5, 5.41) is 0. The lowest BCUT2D eigenvalue weighted by molar-refractivity contribution is 0.451. The van der Waals surface area contributed by atoms with E-state index in [1.54, 1.807) is 22.6 Å². The second-order valence-electron chi connectivity index (χ2n) is 8.30. The Morgan fingerprint density at radius 1 is 1.00 bits per heavy atom. The zero-order valence-corrected chi connectivity index (χ0v) is 17.5. The van der Waals surface area contributed by atoms with Crippen LogP contribution in [0.1, 0.15) is 19.9 Å². The molecule has 29 heavy (non-hydrogen) atoms. The Morgan fingerprint density at radius 2 is 1.72 bits per heavy atom. The number of hydrogen-bond donors (Lipinski definition) is 0. The van der Waals surface area contributed by atoms with Crippen molar-refractivity contribution in [3.63, 3.8) is 0 Å². The summed E-state index contributed by atoms with van der Waals surface area (Å²) < 4.78 is 29.8. The van der Waals surface area contributed by atoms with E-state index in [0.29, 0.717) is 31.0 Å². The van der Waals surface area contributed by atoms with Crippen LogP contribution >= 0.6 is 0 Å². The zero-order valence-electron chi connectivity index (χ0n) is 16.6. The lowest BCUT2D eigenvalue weighted by Gasteiger charge is -2.24. The maximum atomic E-state index is 12.9. The summed E-state index contributed by atoms with van der Waals surface area (Å²) in [6.07, 6.45) is 3.02.